The normalized spacial score (nSPS) is 26.1. The van der Waals surface area contributed by atoms with E-state index >= 15 is 0 Å². The minimum Gasteiger partial charge on any atom is -0.396 e. The van der Waals surface area contributed by atoms with Crippen molar-refractivity contribution in [1.29, 1.82) is 0 Å². The molecule has 2 aliphatic rings. The Labute approximate surface area is 151 Å². The van der Waals surface area contributed by atoms with Crippen molar-refractivity contribution in [1.82, 2.24) is 5.32 Å². The van der Waals surface area contributed by atoms with Gasteiger partial charge in [-0.1, -0.05) is 30.3 Å². The molecule has 2 fully saturated rings. The molecule has 0 spiro atoms. The molecule has 1 amide bonds. The predicted molar refractivity (Wildman–Crippen MR) is 98.3 cm³/mol. The molecule has 4 nitrogen and oxygen atoms in total. The molecule has 1 aliphatic carbocycles. The number of amides is 1. The van der Waals surface area contributed by atoms with Gasteiger partial charge in [-0.25, -0.2) is 0 Å². The highest BCUT2D eigenvalue weighted by Crippen LogP contribution is 2.36. The molecule has 1 atom stereocenters. The lowest BCUT2D eigenvalue weighted by molar-refractivity contribution is -0.127. The van der Waals surface area contributed by atoms with Gasteiger partial charge in [0.1, 0.15) is 0 Å². The van der Waals surface area contributed by atoms with E-state index in [1.165, 1.54) is 5.56 Å². The summed E-state index contributed by atoms with van der Waals surface area (Å²) in [6, 6.07) is 10.7. The first-order chi connectivity index (χ1) is 12.3. The Morgan fingerprint density at radius 2 is 1.76 bits per heavy atom. The molecule has 138 valence electrons. The van der Waals surface area contributed by atoms with Crippen molar-refractivity contribution in [2.75, 3.05) is 19.8 Å². The molecule has 1 saturated carbocycles. The minimum atomic E-state index is 0.0910. The third kappa shape index (κ3) is 5.05. The number of aliphatic hydroxyl groups is 1. The summed E-state index contributed by atoms with van der Waals surface area (Å²) in [4.78, 5) is 12.7. The first-order valence-electron chi connectivity index (χ1n) is 9.82. The number of nitrogens with one attached hydrogen (secondary N) is 1. The van der Waals surface area contributed by atoms with Gasteiger partial charge in [0.15, 0.2) is 0 Å². The zero-order valence-electron chi connectivity index (χ0n) is 15.0. The lowest BCUT2D eigenvalue weighted by atomic mass is 9.78. The number of aliphatic hydroxyl groups excluding tert-OH is 1. The molecule has 4 heteroatoms. The van der Waals surface area contributed by atoms with Crippen molar-refractivity contribution in [3.8, 4) is 0 Å². The van der Waals surface area contributed by atoms with E-state index in [4.69, 9.17) is 4.74 Å². The second-order valence-corrected chi connectivity index (χ2v) is 7.54. The van der Waals surface area contributed by atoms with Gasteiger partial charge in [-0.3, -0.25) is 4.79 Å². The fourth-order valence-corrected chi connectivity index (χ4v) is 4.40. The van der Waals surface area contributed by atoms with Crippen LogP contribution in [-0.2, 0) is 9.53 Å². The molecule has 1 aromatic rings. The van der Waals surface area contributed by atoms with Crippen LogP contribution in [0.3, 0.4) is 0 Å². The predicted octanol–water partition coefficient (Wildman–Crippen LogP) is 3.25. The van der Waals surface area contributed by atoms with Gasteiger partial charge < -0.3 is 15.2 Å². The van der Waals surface area contributed by atoms with Gasteiger partial charge in [0.2, 0.25) is 5.91 Å². The largest absolute Gasteiger partial charge is 0.396 e. The summed E-state index contributed by atoms with van der Waals surface area (Å²) in [5.74, 6) is 1.34. The molecule has 1 aromatic carbocycles. The van der Waals surface area contributed by atoms with Crippen LogP contribution < -0.4 is 5.32 Å². The van der Waals surface area contributed by atoms with E-state index in [9.17, 15) is 9.90 Å². The van der Waals surface area contributed by atoms with E-state index in [-0.39, 0.29) is 24.5 Å². The fraction of sp³-hybridized carbons (Fsp3) is 0.667. The maximum Gasteiger partial charge on any atom is 0.223 e. The van der Waals surface area contributed by atoms with Crippen molar-refractivity contribution in [3.05, 3.63) is 35.9 Å². The van der Waals surface area contributed by atoms with E-state index in [1.54, 1.807) is 0 Å². The summed E-state index contributed by atoms with van der Waals surface area (Å²) in [5, 5.41) is 12.6. The minimum absolute atomic E-state index is 0.0910. The molecule has 1 unspecified atom stereocenters. The average molecular weight is 345 g/mol. The molecular formula is C21H31NO3. The highest BCUT2D eigenvalue weighted by atomic mass is 16.5. The first-order valence-corrected chi connectivity index (χ1v) is 9.82. The van der Waals surface area contributed by atoms with Gasteiger partial charge in [0, 0.05) is 31.8 Å². The Balaban J connectivity index is 1.50. The summed E-state index contributed by atoms with van der Waals surface area (Å²) in [6.07, 6.45) is 6.71. The number of carbonyl (C=O) groups is 1. The van der Waals surface area contributed by atoms with Crippen molar-refractivity contribution in [2.45, 2.75) is 56.9 Å². The van der Waals surface area contributed by atoms with Crippen LogP contribution in [0.25, 0.3) is 0 Å². The second kappa shape index (κ2) is 9.35. The number of hydrogen-bond acceptors (Lipinski definition) is 3. The van der Waals surface area contributed by atoms with Crippen molar-refractivity contribution >= 4 is 5.91 Å². The average Bonchev–Trinajstić information content (AvgIpc) is 2.69. The number of ether oxygens (including phenoxy) is 1. The summed E-state index contributed by atoms with van der Waals surface area (Å²) in [5.41, 5.74) is 1.40. The molecule has 1 saturated heterocycles. The number of carbonyl (C=O) groups excluding carboxylic acids is 1. The summed E-state index contributed by atoms with van der Waals surface area (Å²) in [7, 11) is 0. The third-order valence-electron chi connectivity index (χ3n) is 5.97. The van der Waals surface area contributed by atoms with Crippen molar-refractivity contribution < 1.29 is 14.6 Å². The van der Waals surface area contributed by atoms with Crippen LogP contribution in [0, 0.1) is 11.8 Å². The Bertz CT molecular complexity index is 519. The topological polar surface area (TPSA) is 58.6 Å². The summed E-state index contributed by atoms with van der Waals surface area (Å²) in [6.45, 7) is 1.67. The van der Waals surface area contributed by atoms with E-state index in [1.807, 2.05) is 0 Å². The maximum absolute atomic E-state index is 12.7. The van der Waals surface area contributed by atoms with E-state index < -0.39 is 0 Å². The zero-order valence-corrected chi connectivity index (χ0v) is 15.0. The molecule has 0 radical (unpaired) electrons. The molecule has 25 heavy (non-hydrogen) atoms. The van der Waals surface area contributed by atoms with Crippen LogP contribution in [-0.4, -0.2) is 36.9 Å². The van der Waals surface area contributed by atoms with E-state index in [0.29, 0.717) is 18.3 Å². The summed E-state index contributed by atoms with van der Waals surface area (Å²) < 4.78 is 5.43. The lowest BCUT2D eigenvalue weighted by Crippen LogP contribution is -2.45. The molecule has 1 aliphatic heterocycles. The van der Waals surface area contributed by atoms with Gasteiger partial charge in [0.05, 0.1) is 0 Å². The maximum atomic E-state index is 12.7. The highest BCUT2D eigenvalue weighted by molar-refractivity contribution is 5.79. The van der Waals surface area contributed by atoms with Crippen LogP contribution in [0.2, 0.25) is 0 Å². The smallest absolute Gasteiger partial charge is 0.223 e. The molecule has 0 bridgehead atoms. The van der Waals surface area contributed by atoms with E-state index in [0.717, 1.165) is 51.7 Å². The molecule has 2 N–H and O–H groups in total. The van der Waals surface area contributed by atoms with Crippen LogP contribution in [0.5, 0.6) is 0 Å². The third-order valence-corrected chi connectivity index (χ3v) is 5.97. The Morgan fingerprint density at radius 1 is 1.08 bits per heavy atom. The molecule has 3 rings (SSSR count). The number of hydrogen-bond donors (Lipinski definition) is 2. The zero-order chi connectivity index (χ0) is 17.5. The Hall–Kier alpha value is -1.39. The Morgan fingerprint density at radius 3 is 2.40 bits per heavy atom. The van der Waals surface area contributed by atoms with Crippen LogP contribution >= 0.6 is 0 Å². The highest BCUT2D eigenvalue weighted by Gasteiger charge is 2.30. The lowest BCUT2D eigenvalue weighted by Gasteiger charge is -2.33. The van der Waals surface area contributed by atoms with Crippen molar-refractivity contribution in [2.24, 2.45) is 11.8 Å². The monoisotopic (exact) mass is 345 g/mol. The SMILES string of the molecule is O=C(NC(CCO)C1CCOCC1)C1CCC(c2ccccc2)CC1. The first kappa shape index (κ1) is 18.4. The molecular weight excluding hydrogens is 314 g/mol. The second-order valence-electron chi connectivity index (χ2n) is 7.54. The number of rotatable bonds is 6. The quantitative estimate of drug-likeness (QED) is 0.832. The van der Waals surface area contributed by atoms with Gasteiger partial charge >= 0.3 is 0 Å². The van der Waals surface area contributed by atoms with Gasteiger partial charge in [0.25, 0.3) is 0 Å². The van der Waals surface area contributed by atoms with Crippen molar-refractivity contribution in [3.63, 3.8) is 0 Å². The molecule has 0 aromatic heterocycles. The van der Waals surface area contributed by atoms with E-state index in [2.05, 4.69) is 35.6 Å². The summed E-state index contributed by atoms with van der Waals surface area (Å²) >= 11 is 0. The van der Waals surface area contributed by atoms with Gasteiger partial charge in [-0.2, -0.15) is 0 Å². The standard InChI is InChI=1S/C21H31NO3/c23-13-10-20(18-11-14-25-15-12-18)22-21(24)19-8-6-17(7-9-19)16-4-2-1-3-5-16/h1-5,17-20,23H,6-15H2,(H,22,24). The fourth-order valence-electron chi connectivity index (χ4n) is 4.40. The van der Waals surface area contributed by atoms with Gasteiger partial charge in [-0.05, 0) is 62.3 Å². The van der Waals surface area contributed by atoms with Gasteiger partial charge in [-0.15, -0.1) is 0 Å². The van der Waals surface area contributed by atoms with Crippen LogP contribution in [0.1, 0.15) is 56.4 Å². The van der Waals surface area contributed by atoms with Crippen LogP contribution in [0.15, 0.2) is 30.3 Å². The Kier molecular flexibility index (Phi) is 6.88. The number of benzene rings is 1. The molecule has 1 heterocycles. The van der Waals surface area contributed by atoms with Crippen LogP contribution in [0.4, 0.5) is 0 Å².